The number of H-pyrrole nitrogens is 1. The average Bonchev–Trinajstić information content (AvgIpc) is 3.44. The molecule has 0 radical (unpaired) electrons. The predicted molar refractivity (Wildman–Crippen MR) is 121 cm³/mol. The van der Waals surface area contributed by atoms with Crippen LogP contribution in [0.5, 0.6) is 5.75 Å². The lowest BCUT2D eigenvalue weighted by molar-refractivity contribution is -0.274. The molecule has 0 spiro atoms. The lowest BCUT2D eigenvalue weighted by Crippen LogP contribution is -2.36. The minimum absolute atomic E-state index is 0.173. The van der Waals surface area contributed by atoms with Gasteiger partial charge in [0.15, 0.2) is 5.69 Å². The van der Waals surface area contributed by atoms with Crippen molar-refractivity contribution in [2.75, 3.05) is 19.6 Å². The highest BCUT2D eigenvalue weighted by molar-refractivity contribution is 6.32. The van der Waals surface area contributed by atoms with Crippen molar-refractivity contribution in [2.24, 2.45) is 0 Å². The zero-order valence-corrected chi connectivity index (χ0v) is 20.1. The number of aromatic nitrogens is 5. The van der Waals surface area contributed by atoms with Crippen LogP contribution < -0.4 is 4.74 Å². The van der Waals surface area contributed by atoms with Gasteiger partial charge in [-0.05, 0) is 23.8 Å². The number of nitrogens with one attached hydrogen (secondary N) is 1. The van der Waals surface area contributed by atoms with Crippen LogP contribution >= 0.6 is 11.6 Å². The van der Waals surface area contributed by atoms with Crippen molar-refractivity contribution in [3.05, 3.63) is 57.6 Å². The predicted octanol–water partition coefficient (Wildman–Crippen LogP) is 2.95. The van der Waals surface area contributed by atoms with Gasteiger partial charge in [-0.25, -0.2) is 4.79 Å². The number of hydrogen-bond donors (Lipinski definition) is 1. The van der Waals surface area contributed by atoms with E-state index in [0.29, 0.717) is 56.8 Å². The maximum atomic E-state index is 13.0. The summed E-state index contributed by atoms with van der Waals surface area (Å²) >= 11 is 5.84. The number of nitrogens with zero attached hydrogens (tertiary/aromatic N) is 6. The molecule has 0 bridgehead atoms. The van der Waals surface area contributed by atoms with Gasteiger partial charge in [0.25, 0.3) is 5.91 Å². The van der Waals surface area contributed by atoms with Gasteiger partial charge >= 0.3 is 12.5 Å². The van der Waals surface area contributed by atoms with Crippen LogP contribution in [-0.2, 0) is 37.3 Å². The number of rotatable bonds is 4. The molecule has 0 saturated carbocycles. The Morgan fingerprint density at radius 3 is 2.68 bits per heavy atom. The first-order valence-electron chi connectivity index (χ1n) is 11.4. The zero-order valence-electron chi connectivity index (χ0n) is 19.3. The zero-order chi connectivity index (χ0) is 26.2. The van der Waals surface area contributed by atoms with Crippen molar-refractivity contribution in [3.63, 3.8) is 0 Å². The van der Waals surface area contributed by atoms with E-state index in [4.69, 9.17) is 16.3 Å². The van der Waals surface area contributed by atoms with Gasteiger partial charge in [0.05, 0.1) is 23.8 Å². The monoisotopic (exact) mass is 539 g/mol. The summed E-state index contributed by atoms with van der Waals surface area (Å²) in [5.74, 6) is -0.719. The lowest BCUT2D eigenvalue weighted by Gasteiger charge is -2.24. The summed E-state index contributed by atoms with van der Waals surface area (Å²) in [6.07, 6.45) is -4.32. The minimum Gasteiger partial charge on any atom is -0.445 e. The number of ether oxygens (including phenoxy) is 2. The molecule has 0 atom stereocenters. The second-order valence-corrected chi connectivity index (χ2v) is 8.97. The molecule has 0 saturated heterocycles. The van der Waals surface area contributed by atoms with Gasteiger partial charge in [-0.15, -0.1) is 18.3 Å². The smallest absolute Gasteiger partial charge is 0.445 e. The lowest BCUT2D eigenvalue weighted by atomic mass is 10.1. The van der Waals surface area contributed by atoms with Crippen LogP contribution in [-0.4, -0.2) is 73.0 Å². The third-order valence-corrected chi connectivity index (χ3v) is 6.40. The van der Waals surface area contributed by atoms with Crippen LogP contribution in [0.2, 0.25) is 5.02 Å². The van der Waals surface area contributed by atoms with Gasteiger partial charge in [0.1, 0.15) is 18.1 Å². The quantitative estimate of drug-likeness (QED) is 0.541. The Hall–Kier alpha value is -3.81. The first-order valence-corrected chi connectivity index (χ1v) is 11.7. The fourth-order valence-electron chi connectivity index (χ4n) is 4.23. The number of fused-ring (bicyclic) bond motifs is 2. The fraction of sp³-hybridized carbons (Fsp3) is 0.409. The highest BCUT2D eigenvalue weighted by Crippen LogP contribution is 2.31. The van der Waals surface area contributed by atoms with Crippen molar-refractivity contribution < 1.29 is 32.2 Å². The second-order valence-electron chi connectivity index (χ2n) is 8.56. The number of alkyl halides is 3. The molecule has 2 amide bonds. The van der Waals surface area contributed by atoms with Gasteiger partial charge in [-0.1, -0.05) is 22.9 Å². The van der Waals surface area contributed by atoms with E-state index < -0.39 is 18.2 Å². The molecule has 0 aliphatic carbocycles. The van der Waals surface area contributed by atoms with Crippen molar-refractivity contribution >= 4 is 23.6 Å². The third kappa shape index (κ3) is 5.63. The topological polar surface area (TPSA) is 118 Å². The molecule has 11 nitrogen and oxygen atoms in total. The van der Waals surface area contributed by atoms with Gasteiger partial charge in [-0.2, -0.15) is 5.10 Å². The van der Waals surface area contributed by atoms with Crippen LogP contribution in [0.3, 0.4) is 0 Å². The van der Waals surface area contributed by atoms with Crippen molar-refractivity contribution in [1.82, 2.24) is 35.0 Å². The molecule has 15 heteroatoms. The molecule has 2 aliphatic rings. The molecule has 196 valence electrons. The molecule has 2 aliphatic heterocycles. The van der Waals surface area contributed by atoms with E-state index in [1.165, 1.54) is 17.0 Å². The third-order valence-electron chi connectivity index (χ3n) is 6.11. The summed E-state index contributed by atoms with van der Waals surface area (Å²) in [6.45, 7) is 1.78. The van der Waals surface area contributed by atoms with Crippen LogP contribution in [0, 0.1) is 0 Å². The Kier molecular flexibility index (Phi) is 6.67. The van der Waals surface area contributed by atoms with Crippen LogP contribution in [0.4, 0.5) is 18.0 Å². The standard InChI is InChI=1S/C22H21ClF3N7O4/c23-15-9-13(1-2-19(15)37-22(24,25)26)12-36-21(35)31-5-3-14-10-17(29-33(14)8-7-31)20(34)32-6-4-16-18(11-32)28-30-27-16/h1-2,9-10H,3-8,11-12H2,(H,27,28,30). The first kappa shape index (κ1) is 24.9. The normalized spacial score (nSPS) is 15.6. The molecule has 3 aromatic rings. The summed E-state index contributed by atoms with van der Waals surface area (Å²) in [5.41, 5.74) is 3.27. The molecule has 0 unspecified atom stereocenters. The molecular weight excluding hydrogens is 519 g/mol. The number of aromatic amines is 1. The van der Waals surface area contributed by atoms with E-state index in [9.17, 15) is 22.8 Å². The number of hydrogen-bond acceptors (Lipinski definition) is 7. The van der Waals surface area contributed by atoms with Crippen LogP contribution in [0.25, 0.3) is 0 Å². The average molecular weight is 540 g/mol. The summed E-state index contributed by atoms with van der Waals surface area (Å²) in [7, 11) is 0. The Balaban J connectivity index is 1.14. The highest BCUT2D eigenvalue weighted by atomic mass is 35.5. The Labute approximate surface area is 213 Å². The number of amides is 2. The van der Waals surface area contributed by atoms with Crippen LogP contribution in [0.1, 0.15) is 33.1 Å². The SMILES string of the molecule is O=C(OCc1ccc(OC(F)(F)F)c(Cl)c1)N1CCc2cc(C(=O)N3CCc4[nH]nnc4C3)nn2CC1. The number of carbonyl (C=O) groups is 2. The molecule has 1 N–H and O–H groups in total. The second kappa shape index (κ2) is 9.92. The molecule has 37 heavy (non-hydrogen) atoms. The van der Waals surface area contributed by atoms with E-state index in [0.717, 1.165) is 23.1 Å². The maximum absolute atomic E-state index is 13.0. The summed E-state index contributed by atoms with van der Waals surface area (Å²) in [6, 6.07) is 5.39. The van der Waals surface area contributed by atoms with E-state index >= 15 is 0 Å². The van der Waals surface area contributed by atoms with Crippen molar-refractivity contribution in [2.45, 2.75) is 38.9 Å². The Morgan fingerprint density at radius 1 is 1.08 bits per heavy atom. The largest absolute Gasteiger partial charge is 0.573 e. The Morgan fingerprint density at radius 2 is 1.89 bits per heavy atom. The number of benzene rings is 1. The number of halogens is 4. The summed E-state index contributed by atoms with van der Waals surface area (Å²) in [4.78, 5) is 28.8. The Bertz CT molecular complexity index is 1300. The molecule has 5 rings (SSSR count). The molecule has 0 fully saturated rings. The molecule has 2 aromatic heterocycles. The van der Waals surface area contributed by atoms with Crippen molar-refractivity contribution in [1.29, 1.82) is 0 Å². The van der Waals surface area contributed by atoms with Gasteiger partial charge in [0.2, 0.25) is 0 Å². The molecule has 1 aromatic carbocycles. The van der Waals surface area contributed by atoms with Crippen LogP contribution in [0.15, 0.2) is 24.3 Å². The van der Waals surface area contributed by atoms with E-state index in [2.05, 4.69) is 25.2 Å². The summed E-state index contributed by atoms with van der Waals surface area (Å²) < 4.78 is 48.0. The van der Waals surface area contributed by atoms with Gasteiger partial charge in [0, 0.05) is 38.2 Å². The van der Waals surface area contributed by atoms with E-state index in [1.807, 2.05) is 0 Å². The minimum atomic E-state index is -4.86. The van der Waals surface area contributed by atoms with Crippen molar-refractivity contribution in [3.8, 4) is 5.75 Å². The molecule has 4 heterocycles. The summed E-state index contributed by atoms with van der Waals surface area (Å²) in [5, 5.41) is 14.8. The fourth-order valence-corrected chi connectivity index (χ4v) is 4.47. The first-order chi connectivity index (χ1) is 17.7. The van der Waals surface area contributed by atoms with Gasteiger partial charge < -0.3 is 19.3 Å². The van der Waals surface area contributed by atoms with E-state index in [1.54, 1.807) is 15.6 Å². The maximum Gasteiger partial charge on any atom is 0.573 e. The number of carbonyl (C=O) groups excluding carboxylic acids is 2. The van der Waals surface area contributed by atoms with Gasteiger partial charge in [-0.3, -0.25) is 14.6 Å². The molecular formula is C22H21ClF3N7O4. The highest BCUT2D eigenvalue weighted by Gasteiger charge is 2.32. The van der Waals surface area contributed by atoms with E-state index in [-0.39, 0.29) is 17.5 Å².